The molecule has 7 heavy (non-hydrogen) atoms. The Bertz CT molecular complexity index is 70.5. The molecular formula is C5H11NO. The molecule has 42 valence electrons. The normalized spacial score (nSPS) is 8.43. The fourth-order valence-electron chi connectivity index (χ4n) is 0.270. The Balaban J connectivity index is 3.34. The molecule has 0 radical (unpaired) electrons. The zero-order chi connectivity index (χ0) is 5.86. The lowest BCUT2D eigenvalue weighted by Crippen LogP contribution is -2.14. The summed E-state index contributed by atoms with van der Waals surface area (Å²) >= 11 is 0. The summed E-state index contributed by atoms with van der Waals surface area (Å²) in [6, 6.07) is 0. The quantitative estimate of drug-likeness (QED) is 0.529. The van der Waals surface area contributed by atoms with E-state index >= 15 is 0 Å². The van der Waals surface area contributed by atoms with Crippen molar-refractivity contribution in [2.45, 2.75) is 13.8 Å². The maximum absolute atomic E-state index is 8.67. The van der Waals surface area contributed by atoms with E-state index in [1.807, 2.05) is 6.92 Å². The molecule has 0 bridgehead atoms. The van der Waals surface area contributed by atoms with E-state index in [2.05, 4.69) is 6.58 Å². The maximum atomic E-state index is 8.67. The van der Waals surface area contributed by atoms with E-state index in [0.29, 0.717) is 12.2 Å². The van der Waals surface area contributed by atoms with Crippen LogP contribution in [0.5, 0.6) is 0 Å². The van der Waals surface area contributed by atoms with Gasteiger partial charge in [0, 0.05) is 12.2 Å². The fraction of sp³-hybridized carbons (Fsp3) is 0.600. The van der Waals surface area contributed by atoms with E-state index in [4.69, 9.17) is 5.21 Å². The smallest absolute Gasteiger partial charge is 0.0421 e. The number of allylic oxidation sites excluding steroid dienone is 1. The zero-order valence-corrected chi connectivity index (χ0v) is 4.81. The fourth-order valence-corrected chi connectivity index (χ4v) is 0.270. The predicted octanol–water partition coefficient (Wildman–Crippen LogP) is 1.23. The zero-order valence-electron chi connectivity index (χ0n) is 4.81. The Labute approximate surface area is 44.0 Å². The molecule has 2 nitrogen and oxygen atoms in total. The molecule has 0 spiro atoms. The minimum atomic E-state index is 0.606. The van der Waals surface area contributed by atoms with E-state index < -0.39 is 0 Å². The van der Waals surface area contributed by atoms with Gasteiger partial charge in [0.15, 0.2) is 0 Å². The highest BCUT2D eigenvalue weighted by molar-refractivity contribution is 4.81. The highest BCUT2D eigenvalue weighted by Crippen LogP contribution is 1.91. The molecule has 0 fully saturated rings. The van der Waals surface area contributed by atoms with Gasteiger partial charge in [0.05, 0.1) is 0 Å². The molecule has 1 N–H and O–H groups in total. The second-order valence-corrected chi connectivity index (χ2v) is 1.45. The van der Waals surface area contributed by atoms with Crippen molar-refractivity contribution in [3.8, 4) is 0 Å². The summed E-state index contributed by atoms with van der Waals surface area (Å²) in [5, 5.41) is 9.77. The number of rotatable bonds is 2. The maximum Gasteiger partial charge on any atom is 0.0421 e. The van der Waals surface area contributed by atoms with Crippen LogP contribution in [0.1, 0.15) is 13.8 Å². The molecule has 0 aliphatic rings. The van der Waals surface area contributed by atoms with Gasteiger partial charge in [-0.15, -0.1) is 0 Å². The number of hydrogen-bond donors (Lipinski definition) is 1. The summed E-state index contributed by atoms with van der Waals surface area (Å²) in [5.41, 5.74) is 0.683. The minimum absolute atomic E-state index is 0.606. The van der Waals surface area contributed by atoms with Crippen molar-refractivity contribution in [1.82, 2.24) is 5.06 Å². The van der Waals surface area contributed by atoms with Gasteiger partial charge in [0.2, 0.25) is 0 Å². The summed E-state index contributed by atoms with van der Waals surface area (Å²) in [6.07, 6.45) is 0. The Morgan fingerprint density at radius 3 is 2.29 bits per heavy atom. The SMILES string of the molecule is C=C(C)N(O)CC. The van der Waals surface area contributed by atoms with Crippen molar-refractivity contribution in [1.29, 1.82) is 0 Å². The second kappa shape index (κ2) is 2.64. The molecule has 0 heterocycles. The summed E-state index contributed by atoms with van der Waals surface area (Å²) in [5.74, 6) is 0. The summed E-state index contributed by atoms with van der Waals surface area (Å²) in [4.78, 5) is 0. The standard InChI is InChI=1S/C5H11NO/c1-4-6(7)5(2)3/h7H,2,4H2,1,3H3. The van der Waals surface area contributed by atoms with Crippen LogP contribution < -0.4 is 0 Å². The summed E-state index contributed by atoms with van der Waals surface area (Å²) in [6.45, 7) is 7.72. The van der Waals surface area contributed by atoms with Gasteiger partial charge < -0.3 is 0 Å². The van der Waals surface area contributed by atoms with Crippen LogP contribution in [-0.2, 0) is 0 Å². The van der Waals surface area contributed by atoms with Crippen molar-refractivity contribution < 1.29 is 5.21 Å². The predicted molar refractivity (Wildman–Crippen MR) is 29.0 cm³/mol. The molecule has 0 saturated heterocycles. The van der Waals surface area contributed by atoms with Crippen molar-refractivity contribution in [3.63, 3.8) is 0 Å². The molecule has 0 atom stereocenters. The molecule has 0 aliphatic carbocycles. The molecule has 0 aromatic rings. The third-order valence-corrected chi connectivity index (χ3v) is 0.740. The topological polar surface area (TPSA) is 23.5 Å². The second-order valence-electron chi connectivity index (χ2n) is 1.45. The molecule has 0 aromatic heterocycles. The van der Waals surface area contributed by atoms with Gasteiger partial charge in [0.1, 0.15) is 0 Å². The van der Waals surface area contributed by atoms with Gasteiger partial charge in [0.25, 0.3) is 0 Å². The van der Waals surface area contributed by atoms with Crippen LogP contribution >= 0.6 is 0 Å². The van der Waals surface area contributed by atoms with Gasteiger partial charge in [-0.25, -0.2) is 0 Å². The van der Waals surface area contributed by atoms with Gasteiger partial charge in [-0.1, -0.05) is 6.58 Å². The van der Waals surface area contributed by atoms with Crippen LogP contribution in [0.4, 0.5) is 0 Å². The third kappa shape index (κ3) is 2.23. The van der Waals surface area contributed by atoms with E-state index in [9.17, 15) is 0 Å². The highest BCUT2D eigenvalue weighted by Gasteiger charge is 1.89. The van der Waals surface area contributed by atoms with Crippen LogP contribution in [0, 0.1) is 0 Å². The monoisotopic (exact) mass is 101 g/mol. The molecule has 0 aromatic carbocycles. The lowest BCUT2D eigenvalue weighted by molar-refractivity contribution is -0.0494. The largest absolute Gasteiger partial charge is 0.289 e. The molecule has 0 aliphatic heterocycles. The molecule has 0 saturated carbocycles. The number of nitrogens with zero attached hydrogens (tertiary/aromatic N) is 1. The highest BCUT2D eigenvalue weighted by atomic mass is 16.5. The van der Waals surface area contributed by atoms with Crippen LogP contribution in [0.25, 0.3) is 0 Å². The van der Waals surface area contributed by atoms with Crippen molar-refractivity contribution in [3.05, 3.63) is 12.3 Å². The lowest BCUT2D eigenvalue weighted by atomic mass is 10.5. The summed E-state index contributed by atoms with van der Waals surface area (Å²) in [7, 11) is 0. The number of hydroxylamine groups is 2. The Morgan fingerprint density at radius 1 is 1.86 bits per heavy atom. The van der Waals surface area contributed by atoms with Gasteiger partial charge in [-0.05, 0) is 13.8 Å². The van der Waals surface area contributed by atoms with Crippen molar-refractivity contribution >= 4 is 0 Å². The summed E-state index contributed by atoms with van der Waals surface area (Å²) < 4.78 is 0. The molecule has 2 heteroatoms. The van der Waals surface area contributed by atoms with Crippen LogP contribution in [0.3, 0.4) is 0 Å². The first-order valence-corrected chi connectivity index (χ1v) is 2.30. The minimum Gasteiger partial charge on any atom is -0.289 e. The Hall–Kier alpha value is -0.500. The molecular weight excluding hydrogens is 90.1 g/mol. The van der Waals surface area contributed by atoms with E-state index in [1.165, 1.54) is 0 Å². The van der Waals surface area contributed by atoms with Crippen molar-refractivity contribution in [2.75, 3.05) is 6.54 Å². The van der Waals surface area contributed by atoms with Crippen LogP contribution in [0.15, 0.2) is 12.3 Å². The molecule has 0 rings (SSSR count). The Morgan fingerprint density at radius 2 is 2.29 bits per heavy atom. The first kappa shape index (κ1) is 6.50. The Kier molecular flexibility index (Phi) is 2.45. The molecule has 0 amide bonds. The van der Waals surface area contributed by atoms with E-state index in [-0.39, 0.29) is 0 Å². The van der Waals surface area contributed by atoms with Gasteiger partial charge >= 0.3 is 0 Å². The van der Waals surface area contributed by atoms with Gasteiger partial charge in [-0.2, -0.15) is 0 Å². The van der Waals surface area contributed by atoms with Crippen LogP contribution in [0.2, 0.25) is 0 Å². The number of hydrogen-bond acceptors (Lipinski definition) is 2. The van der Waals surface area contributed by atoms with Crippen molar-refractivity contribution in [2.24, 2.45) is 0 Å². The van der Waals surface area contributed by atoms with Crippen LogP contribution in [-0.4, -0.2) is 16.8 Å². The third-order valence-electron chi connectivity index (χ3n) is 0.740. The van der Waals surface area contributed by atoms with E-state index in [1.54, 1.807) is 6.92 Å². The van der Waals surface area contributed by atoms with Gasteiger partial charge in [-0.3, -0.25) is 10.3 Å². The lowest BCUT2D eigenvalue weighted by Gasteiger charge is -2.11. The van der Waals surface area contributed by atoms with E-state index in [0.717, 1.165) is 5.06 Å². The average Bonchev–Trinajstić information content (AvgIpc) is 1.65. The first-order chi connectivity index (χ1) is 3.18. The molecule has 0 unspecified atom stereocenters. The average molecular weight is 101 g/mol. The first-order valence-electron chi connectivity index (χ1n) is 2.30.